The number of aryl methyl sites for hydroxylation is 1. The molecule has 0 aromatic heterocycles. The van der Waals surface area contributed by atoms with Crippen LogP contribution in [0.4, 0.5) is 5.69 Å². The molecule has 0 saturated carbocycles. The Morgan fingerprint density at radius 1 is 0.568 bits per heavy atom. The van der Waals surface area contributed by atoms with Crippen molar-refractivity contribution in [3.05, 3.63) is 151 Å². The Balaban J connectivity index is 1.21. The lowest BCUT2D eigenvalue weighted by molar-refractivity contribution is 0.619. The first kappa shape index (κ1) is 26.6. The molecule has 44 heavy (non-hydrogen) atoms. The van der Waals surface area contributed by atoms with Crippen molar-refractivity contribution in [2.45, 2.75) is 32.6 Å². The van der Waals surface area contributed by atoms with Gasteiger partial charge in [0.25, 0.3) is 0 Å². The number of benzene rings is 7. The molecule has 212 valence electrons. The molecule has 0 saturated heterocycles. The molecule has 0 amide bonds. The third kappa shape index (κ3) is 4.70. The third-order valence-corrected chi connectivity index (χ3v) is 9.55. The Labute approximate surface area is 259 Å². The maximum atomic E-state index is 5.14. The zero-order chi connectivity index (χ0) is 29.5. The van der Waals surface area contributed by atoms with Crippen molar-refractivity contribution in [3.63, 3.8) is 0 Å². The molecule has 1 heterocycles. The maximum absolute atomic E-state index is 5.14. The first-order chi connectivity index (χ1) is 21.8. The number of para-hydroxylation sites is 1. The molecule has 8 rings (SSSR count). The number of hydrogen-bond acceptors (Lipinski definition) is 1. The highest BCUT2D eigenvalue weighted by molar-refractivity contribution is 6.21. The minimum atomic E-state index is 0.473. The van der Waals surface area contributed by atoms with E-state index in [1.807, 2.05) is 0 Å². The van der Waals surface area contributed by atoms with Crippen LogP contribution in [0.3, 0.4) is 0 Å². The fourth-order valence-corrected chi connectivity index (χ4v) is 7.35. The summed E-state index contributed by atoms with van der Waals surface area (Å²) >= 11 is 0. The molecule has 0 aliphatic carbocycles. The molecule has 1 aliphatic heterocycles. The predicted molar refractivity (Wildman–Crippen MR) is 189 cm³/mol. The molecule has 7 aromatic rings. The van der Waals surface area contributed by atoms with Crippen LogP contribution < -0.4 is 0 Å². The van der Waals surface area contributed by atoms with Crippen LogP contribution in [0.15, 0.2) is 145 Å². The van der Waals surface area contributed by atoms with Gasteiger partial charge in [-0.1, -0.05) is 134 Å². The van der Waals surface area contributed by atoms with Crippen LogP contribution in [0.5, 0.6) is 0 Å². The Kier molecular flexibility index (Phi) is 6.80. The van der Waals surface area contributed by atoms with Gasteiger partial charge in [-0.25, -0.2) is 0 Å². The fourth-order valence-electron chi connectivity index (χ4n) is 7.35. The average molecular weight is 566 g/mol. The zero-order valence-electron chi connectivity index (χ0n) is 25.1. The highest BCUT2D eigenvalue weighted by Gasteiger charge is 2.21. The lowest BCUT2D eigenvalue weighted by Crippen LogP contribution is -2.16. The molecule has 0 bridgehead atoms. The summed E-state index contributed by atoms with van der Waals surface area (Å²) in [6.45, 7) is 2.25. The van der Waals surface area contributed by atoms with E-state index < -0.39 is 0 Å². The van der Waals surface area contributed by atoms with Gasteiger partial charge < -0.3 is 0 Å². The molecule has 1 aliphatic rings. The molecule has 0 spiro atoms. The quantitative estimate of drug-likeness (QED) is 0.184. The second-order valence-electron chi connectivity index (χ2n) is 12.1. The Bertz CT molecular complexity index is 2130. The van der Waals surface area contributed by atoms with E-state index in [2.05, 4.69) is 146 Å². The molecule has 1 heteroatoms. The van der Waals surface area contributed by atoms with E-state index in [0.717, 1.165) is 31.4 Å². The summed E-state index contributed by atoms with van der Waals surface area (Å²) in [5, 5.41) is 7.72. The van der Waals surface area contributed by atoms with E-state index in [-0.39, 0.29) is 0 Å². The van der Waals surface area contributed by atoms with Gasteiger partial charge in [-0.15, -0.1) is 0 Å². The Morgan fingerprint density at radius 2 is 1.14 bits per heavy atom. The summed E-state index contributed by atoms with van der Waals surface area (Å²) < 4.78 is 0. The summed E-state index contributed by atoms with van der Waals surface area (Å²) in [7, 11) is 0. The second kappa shape index (κ2) is 11.2. The monoisotopic (exact) mass is 565 g/mol. The SMILES string of the molecule is CCC1=Nc2ccccc2CCC1Cc1ccc(-c2c3ccccc3c(-c3ccc4ccccc4c3)c3ccccc23)cc1. The summed E-state index contributed by atoms with van der Waals surface area (Å²) in [6, 6.07) is 51.4. The highest BCUT2D eigenvalue weighted by atomic mass is 14.8. The maximum Gasteiger partial charge on any atom is 0.0661 e. The summed E-state index contributed by atoms with van der Waals surface area (Å²) in [6.07, 6.45) is 4.27. The molecule has 0 N–H and O–H groups in total. The first-order valence-electron chi connectivity index (χ1n) is 15.9. The van der Waals surface area contributed by atoms with Crippen molar-refractivity contribution < 1.29 is 0 Å². The van der Waals surface area contributed by atoms with Crippen molar-refractivity contribution in [1.29, 1.82) is 0 Å². The molecular weight excluding hydrogens is 530 g/mol. The van der Waals surface area contributed by atoms with Gasteiger partial charge >= 0.3 is 0 Å². The van der Waals surface area contributed by atoms with Crippen molar-refractivity contribution in [3.8, 4) is 22.3 Å². The lowest BCUT2D eigenvalue weighted by atomic mass is 9.85. The van der Waals surface area contributed by atoms with Crippen molar-refractivity contribution in [2.75, 3.05) is 0 Å². The van der Waals surface area contributed by atoms with Gasteiger partial charge in [0, 0.05) is 11.6 Å². The van der Waals surface area contributed by atoms with E-state index >= 15 is 0 Å². The van der Waals surface area contributed by atoms with Crippen molar-refractivity contribution in [1.82, 2.24) is 0 Å². The van der Waals surface area contributed by atoms with Gasteiger partial charge in [0.1, 0.15) is 0 Å². The topological polar surface area (TPSA) is 12.4 Å². The minimum Gasteiger partial charge on any atom is -0.257 e. The normalized spacial score (nSPS) is 14.8. The van der Waals surface area contributed by atoms with Crippen molar-refractivity contribution >= 4 is 43.7 Å². The summed E-state index contributed by atoms with van der Waals surface area (Å²) in [4.78, 5) is 5.14. The van der Waals surface area contributed by atoms with Gasteiger partial charge in [0.15, 0.2) is 0 Å². The first-order valence-corrected chi connectivity index (χ1v) is 15.9. The molecule has 1 nitrogen and oxygen atoms in total. The van der Waals surface area contributed by atoms with Crippen LogP contribution >= 0.6 is 0 Å². The largest absolute Gasteiger partial charge is 0.257 e. The molecule has 1 atom stereocenters. The number of fused-ring (bicyclic) bond motifs is 4. The van der Waals surface area contributed by atoms with Gasteiger partial charge in [-0.3, -0.25) is 4.99 Å². The smallest absolute Gasteiger partial charge is 0.0661 e. The second-order valence-corrected chi connectivity index (χ2v) is 12.1. The lowest BCUT2D eigenvalue weighted by Gasteiger charge is -2.19. The number of hydrogen-bond donors (Lipinski definition) is 0. The molecule has 0 fully saturated rings. The van der Waals surface area contributed by atoms with Gasteiger partial charge in [-0.05, 0) is 104 Å². The van der Waals surface area contributed by atoms with Gasteiger partial charge in [-0.2, -0.15) is 0 Å². The zero-order valence-corrected chi connectivity index (χ0v) is 25.1. The van der Waals surface area contributed by atoms with E-state index in [1.54, 1.807) is 0 Å². The Morgan fingerprint density at radius 3 is 1.82 bits per heavy atom. The van der Waals surface area contributed by atoms with Crippen molar-refractivity contribution in [2.24, 2.45) is 10.9 Å². The van der Waals surface area contributed by atoms with Crippen LogP contribution in [-0.2, 0) is 12.8 Å². The highest BCUT2D eigenvalue weighted by Crippen LogP contribution is 2.44. The minimum absolute atomic E-state index is 0.473. The fraction of sp³-hybridized carbons (Fsp3) is 0.140. The Hall–Kier alpha value is -5.01. The number of nitrogens with zero attached hydrogens (tertiary/aromatic N) is 1. The average Bonchev–Trinajstić information content (AvgIpc) is 3.26. The molecule has 7 aromatic carbocycles. The molecule has 1 unspecified atom stereocenters. The standard InChI is InChI=1S/C43H35N/c1-2-40-34(25-24-31-12-5-10-18-41(31)44-40)27-29-19-21-32(22-20-29)42-36-14-6-8-16-38(36)43(39-17-9-7-15-37(39)42)35-26-23-30-11-3-4-13-33(30)28-35/h3-23,26,28,34H,2,24-25,27H2,1H3. The van der Waals surface area contributed by atoms with Gasteiger partial charge in [0.2, 0.25) is 0 Å². The predicted octanol–water partition coefficient (Wildman–Crippen LogP) is 11.8. The number of aliphatic imine (C=N–C) groups is 1. The summed E-state index contributed by atoms with van der Waals surface area (Å²) in [5.41, 5.74) is 10.4. The number of rotatable bonds is 5. The van der Waals surface area contributed by atoms with Crippen LogP contribution in [-0.4, -0.2) is 5.71 Å². The van der Waals surface area contributed by atoms with E-state index in [9.17, 15) is 0 Å². The van der Waals surface area contributed by atoms with Crippen LogP contribution in [0, 0.1) is 5.92 Å². The van der Waals surface area contributed by atoms with E-state index in [4.69, 9.17) is 4.99 Å². The van der Waals surface area contributed by atoms with Crippen LogP contribution in [0.25, 0.3) is 54.6 Å². The summed E-state index contributed by atoms with van der Waals surface area (Å²) in [5.74, 6) is 0.473. The van der Waals surface area contributed by atoms with Gasteiger partial charge in [0.05, 0.1) is 5.69 Å². The molecule has 0 radical (unpaired) electrons. The van der Waals surface area contributed by atoms with Crippen LogP contribution in [0.2, 0.25) is 0 Å². The third-order valence-electron chi connectivity index (χ3n) is 9.55. The van der Waals surface area contributed by atoms with E-state index in [0.29, 0.717) is 5.92 Å². The van der Waals surface area contributed by atoms with E-state index in [1.165, 1.54) is 71.4 Å². The molecular formula is C43H35N. The van der Waals surface area contributed by atoms with Crippen LogP contribution in [0.1, 0.15) is 30.9 Å².